The van der Waals surface area contributed by atoms with E-state index in [0.29, 0.717) is 0 Å². The molecule has 1 rings (SSSR count). The molecule has 0 bridgehead atoms. The van der Waals surface area contributed by atoms with Gasteiger partial charge in [-0.2, -0.15) is 0 Å². The van der Waals surface area contributed by atoms with Crippen molar-refractivity contribution < 1.29 is 0 Å². The van der Waals surface area contributed by atoms with Crippen molar-refractivity contribution in [2.45, 2.75) is 20.3 Å². The molecule has 0 aromatic heterocycles. The quantitative estimate of drug-likeness (QED) is 0.550. The third-order valence-electron chi connectivity index (χ3n) is 1.39. The summed E-state index contributed by atoms with van der Waals surface area (Å²) in [6.07, 6.45) is 1.09. The number of hydrogen-bond donors (Lipinski definition) is 1. The average Bonchev–Trinajstić information content (AvgIpc) is 2.00. The molecule has 1 fully saturated rings. The van der Waals surface area contributed by atoms with E-state index < -0.39 is 0 Å². The summed E-state index contributed by atoms with van der Waals surface area (Å²) < 4.78 is 0. The Morgan fingerprint density at radius 3 is 2.40 bits per heavy atom. The fraction of sp³-hybridized carbons (Fsp3) is 0.750. The summed E-state index contributed by atoms with van der Waals surface area (Å²) in [5.41, 5.74) is 1.17. The Hall–Kier alpha value is -0.500. The minimum atomic E-state index is 0.957. The Balaban J connectivity index is 0.000000371. The topological polar surface area (TPSA) is 15.3 Å². The van der Waals surface area contributed by atoms with Gasteiger partial charge in [-0.1, -0.05) is 20.4 Å². The van der Waals surface area contributed by atoms with Crippen LogP contribution in [-0.2, 0) is 0 Å². The Morgan fingerprint density at radius 1 is 1.50 bits per heavy atom. The van der Waals surface area contributed by atoms with Gasteiger partial charge in [0.05, 0.1) is 6.67 Å². The van der Waals surface area contributed by atoms with Crippen LogP contribution in [0.3, 0.4) is 0 Å². The van der Waals surface area contributed by atoms with Gasteiger partial charge in [0.25, 0.3) is 0 Å². The van der Waals surface area contributed by atoms with Crippen molar-refractivity contribution >= 4 is 0 Å². The second-order valence-electron chi connectivity index (χ2n) is 2.27. The number of hydrogen-bond acceptors (Lipinski definition) is 2. The normalized spacial score (nSPS) is 18.9. The molecular weight excluding hydrogens is 124 g/mol. The van der Waals surface area contributed by atoms with Gasteiger partial charge in [0.1, 0.15) is 0 Å². The summed E-state index contributed by atoms with van der Waals surface area (Å²) in [7, 11) is 2.10. The van der Waals surface area contributed by atoms with Crippen LogP contribution in [0.4, 0.5) is 0 Å². The molecule has 1 saturated heterocycles. The highest BCUT2D eigenvalue weighted by molar-refractivity contribution is 4.93. The van der Waals surface area contributed by atoms with Crippen molar-refractivity contribution in [1.82, 2.24) is 10.2 Å². The first-order chi connectivity index (χ1) is 4.79. The molecule has 1 heterocycles. The van der Waals surface area contributed by atoms with Crippen LogP contribution in [0, 0.1) is 0 Å². The van der Waals surface area contributed by atoms with Crippen molar-refractivity contribution in [3.63, 3.8) is 0 Å². The van der Waals surface area contributed by atoms with E-state index in [-0.39, 0.29) is 0 Å². The Bertz CT molecular complexity index is 89.4. The zero-order valence-corrected chi connectivity index (χ0v) is 7.28. The van der Waals surface area contributed by atoms with E-state index in [1.165, 1.54) is 5.70 Å². The Kier molecular flexibility index (Phi) is 5.03. The first-order valence-electron chi connectivity index (χ1n) is 3.89. The molecule has 0 aromatic carbocycles. The summed E-state index contributed by atoms with van der Waals surface area (Å²) in [4.78, 5) is 2.23. The number of nitrogens with zero attached hydrogens (tertiary/aromatic N) is 1. The second kappa shape index (κ2) is 5.30. The molecule has 1 N–H and O–H groups in total. The largest absolute Gasteiger partial charge is 0.376 e. The lowest BCUT2D eigenvalue weighted by atomic mass is 10.3. The van der Waals surface area contributed by atoms with Crippen LogP contribution in [0.15, 0.2) is 12.3 Å². The maximum atomic E-state index is 3.81. The highest BCUT2D eigenvalue weighted by Gasteiger charge is 2.04. The lowest BCUT2D eigenvalue weighted by molar-refractivity contribution is 0.288. The van der Waals surface area contributed by atoms with Crippen molar-refractivity contribution in [3.05, 3.63) is 12.3 Å². The first-order valence-corrected chi connectivity index (χ1v) is 3.89. The zero-order valence-electron chi connectivity index (χ0n) is 7.28. The molecule has 2 heteroatoms. The monoisotopic (exact) mass is 142 g/mol. The van der Waals surface area contributed by atoms with E-state index >= 15 is 0 Å². The highest BCUT2D eigenvalue weighted by atomic mass is 15.2. The van der Waals surface area contributed by atoms with E-state index in [1.807, 2.05) is 13.8 Å². The molecule has 0 saturated carbocycles. The van der Waals surface area contributed by atoms with E-state index in [9.17, 15) is 0 Å². The van der Waals surface area contributed by atoms with Gasteiger partial charge in [0.15, 0.2) is 0 Å². The van der Waals surface area contributed by atoms with Crippen LogP contribution in [0.1, 0.15) is 20.3 Å². The van der Waals surface area contributed by atoms with Crippen LogP contribution in [-0.4, -0.2) is 25.2 Å². The summed E-state index contributed by atoms with van der Waals surface area (Å²) in [6.45, 7) is 9.91. The van der Waals surface area contributed by atoms with E-state index in [4.69, 9.17) is 0 Å². The predicted molar refractivity (Wildman–Crippen MR) is 45.7 cm³/mol. The standard InChI is InChI=1S/C6H12N2.C2H6/c1-6-3-4-8(2)5-7-6;1-2/h7H,1,3-5H2,2H3;1-2H3. The smallest absolute Gasteiger partial charge is 0.0672 e. The lowest BCUT2D eigenvalue weighted by Crippen LogP contribution is -2.37. The minimum absolute atomic E-state index is 0.957. The summed E-state index contributed by atoms with van der Waals surface area (Å²) >= 11 is 0. The summed E-state index contributed by atoms with van der Waals surface area (Å²) in [6, 6.07) is 0. The fourth-order valence-corrected chi connectivity index (χ4v) is 0.740. The SMILES string of the molecule is C=C1CCN(C)CN1.CC. The molecular formula is C8H18N2. The van der Waals surface area contributed by atoms with E-state index in [1.54, 1.807) is 0 Å². The Labute approximate surface area is 63.9 Å². The molecule has 0 aliphatic carbocycles. The van der Waals surface area contributed by atoms with Crippen LogP contribution in [0.25, 0.3) is 0 Å². The molecule has 60 valence electrons. The summed E-state index contributed by atoms with van der Waals surface area (Å²) in [5, 5.41) is 3.16. The lowest BCUT2D eigenvalue weighted by Gasteiger charge is -2.24. The van der Waals surface area contributed by atoms with E-state index in [0.717, 1.165) is 19.6 Å². The Morgan fingerprint density at radius 2 is 2.10 bits per heavy atom. The number of nitrogens with one attached hydrogen (secondary N) is 1. The van der Waals surface area contributed by atoms with Gasteiger partial charge < -0.3 is 5.32 Å². The number of rotatable bonds is 0. The maximum absolute atomic E-state index is 3.81. The van der Waals surface area contributed by atoms with Crippen molar-refractivity contribution in [1.29, 1.82) is 0 Å². The molecule has 0 atom stereocenters. The minimum Gasteiger partial charge on any atom is -0.376 e. The van der Waals surface area contributed by atoms with Crippen LogP contribution < -0.4 is 5.32 Å². The molecule has 1 aliphatic rings. The fourth-order valence-electron chi connectivity index (χ4n) is 0.740. The van der Waals surface area contributed by atoms with Crippen LogP contribution in [0.2, 0.25) is 0 Å². The van der Waals surface area contributed by atoms with Gasteiger partial charge in [0.2, 0.25) is 0 Å². The average molecular weight is 142 g/mol. The third kappa shape index (κ3) is 3.51. The molecule has 0 unspecified atom stereocenters. The molecule has 0 amide bonds. The van der Waals surface area contributed by atoms with E-state index in [2.05, 4.69) is 23.8 Å². The van der Waals surface area contributed by atoms with Gasteiger partial charge in [-0.15, -0.1) is 0 Å². The molecule has 1 aliphatic heterocycles. The van der Waals surface area contributed by atoms with Gasteiger partial charge in [-0.05, 0) is 13.5 Å². The zero-order chi connectivity index (χ0) is 7.98. The molecule has 0 spiro atoms. The van der Waals surface area contributed by atoms with Gasteiger partial charge in [0, 0.05) is 12.2 Å². The first kappa shape index (κ1) is 9.50. The van der Waals surface area contributed by atoms with Gasteiger partial charge >= 0.3 is 0 Å². The van der Waals surface area contributed by atoms with Gasteiger partial charge in [-0.25, -0.2) is 0 Å². The van der Waals surface area contributed by atoms with Crippen molar-refractivity contribution in [3.8, 4) is 0 Å². The van der Waals surface area contributed by atoms with Gasteiger partial charge in [-0.3, -0.25) is 4.90 Å². The highest BCUT2D eigenvalue weighted by Crippen LogP contribution is 2.00. The maximum Gasteiger partial charge on any atom is 0.0672 e. The molecule has 10 heavy (non-hydrogen) atoms. The van der Waals surface area contributed by atoms with Crippen LogP contribution >= 0.6 is 0 Å². The molecule has 0 radical (unpaired) electrons. The van der Waals surface area contributed by atoms with Crippen LogP contribution in [0.5, 0.6) is 0 Å². The second-order valence-corrected chi connectivity index (χ2v) is 2.27. The predicted octanol–water partition coefficient (Wildman–Crippen LogP) is 1.41. The molecule has 0 aromatic rings. The third-order valence-corrected chi connectivity index (χ3v) is 1.39. The van der Waals surface area contributed by atoms with Crippen molar-refractivity contribution in [2.75, 3.05) is 20.3 Å². The summed E-state index contributed by atoms with van der Waals surface area (Å²) in [5.74, 6) is 0. The molecule has 2 nitrogen and oxygen atoms in total. The van der Waals surface area contributed by atoms with Crippen molar-refractivity contribution in [2.24, 2.45) is 0 Å².